The normalized spacial score (nSPS) is 11.9. The number of benzene rings is 1. The van der Waals surface area contributed by atoms with E-state index in [0.717, 1.165) is 11.1 Å². The maximum atomic E-state index is 11.7. The van der Waals surface area contributed by atoms with Gasteiger partial charge in [0, 0.05) is 5.69 Å². The van der Waals surface area contributed by atoms with E-state index in [1.165, 1.54) is 0 Å². The first-order valence-corrected chi connectivity index (χ1v) is 5.56. The van der Waals surface area contributed by atoms with Crippen molar-refractivity contribution in [3.05, 3.63) is 29.3 Å². The predicted octanol–water partition coefficient (Wildman–Crippen LogP) is 2.35. The molecule has 0 saturated carbocycles. The van der Waals surface area contributed by atoms with Crippen molar-refractivity contribution in [1.29, 1.82) is 0 Å². The molecule has 0 aliphatic carbocycles. The van der Waals surface area contributed by atoms with Crippen LogP contribution < -0.4 is 5.32 Å². The van der Waals surface area contributed by atoms with Crippen molar-refractivity contribution < 1.29 is 14.7 Å². The number of hydrogen-bond donors (Lipinski definition) is 2. The molecular weight excluding hydrogens is 218 g/mol. The molecule has 17 heavy (non-hydrogen) atoms. The molecular formula is C13H17NO3. The molecule has 0 heterocycles. The largest absolute Gasteiger partial charge is 0.481 e. The highest BCUT2D eigenvalue weighted by Gasteiger charge is 2.23. The van der Waals surface area contributed by atoms with Gasteiger partial charge < -0.3 is 10.4 Å². The Morgan fingerprint density at radius 2 is 1.94 bits per heavy atom. The lowest BCUT2D eigenvalue weighted by atomic mass is 10.1. The van der Waals surface area contributed by atoms with Gasteiger partial charge in [-0.15, -0.1) is 0 Å². The van der Waals surface area contributed by atoms with Gasteiger partial charge in [0.1, 0.15) is 5.92 Å². The fourth-order valence-corrected chi connectivity index (χ4v) is 1.52. The van der Waals surface area contributed by atoms with Crippen LogP contribution in [0.5, 0.6) is 0 Å². The number of hydrogen-bond acceptors (Lipinski definition) is 2. The van der Waals surface area contributed by atoms with Crippen LogP contribution in [0, 0.1) is 19.8 Å². The Kier molecular flexibility index (Phi) is 4.26. The topological polar surface area (TPSA) is 66.4 Å². The molecule has 1 rings (SSSR count). The van der Waals surface area contributed by atoms with Crippen LogP contribution in [0.3, 0.4) is 0 Å². The Morgan fingerprint density at radius 3 is 2.41 bits per heavy atom. The van der Waals surface area contributed by atoms with E-state index in [4.69, 9.17) is 5.11 Å². The average molecular weight is 235 g/mol. The Labute approximate surface area is 101 Å². The van der Waals surface area contributed by atoms with E-state index in [2.05, 4.69) is 5.32 Å². The molecule has 0 saturated heterocycles. The zero-order chi connectivity index (χ0) is 13.0. The highest BCUT2D eigenvalue weighted by Crippen LogP contribution is 2.15. The van der Waals surface area contributed by atoms with Gasteiger partial charge >= 0.3 is 5.97 Å². The van der Waals surface area contributed by atoms with Gasteiger partial charge in [-0.25, -0.2) is 0 Å². The van der Waals surface area contributed by atoms with Crippen LogP contribution >= 0.6 is 0 Å². The van der Waals surface area contributed by atoms with E-state index in [0.29, 0.717) is 5.69 Å². The predicted molar refractivity (Wildman–Crippen MR) is 66.0 cm³/mol. The fourth-order valence-electron chi connectivity index (χ4n) is 1.52. The number of anilines is 1. The first kappa shape index (κ1) is 13.2. The zero-order valence-corrected chi connectivity index (χ0v) is 10.3. The minimum atomic E-state index is -1.09. The first-order chi connectivity index (χ1) is 7.95. The SMILES string of the molecule is CCC(C(=O)O)C(=O)Nc1ccc(C)c(C)c1. The molecule has 2 N–H and O–H groups in total. The first-order valence-electron chi connectivity index (χ1n) is 5.56. The summed E-state index contributed by atoms with van der Waals surface area (Å²) in [7, 11) is 0. The monoisotopic (exact) mass is 235 g/mol. The Hall–Kier alpha value is -1.84. The standard InChI is InChI=1S/C13H17NO3/c1-4-11(13(16)17)12(15)14-10-6-5-8(2)9(3)7-10/h5-7,11H,4H2,1-3H3,(H,14,15)(H,16,17). The summed E-state index contributed by atoms with van der Waals surface area (Å²) in [6.45, 7) is 5.60. The summed E-state index contributed by atoms with van der Waals surface area (Å²) in [5, 5.41) is 11.5. The Balaban J connectivity index is 2.80. The van der Waals surface area contributed by atoms with Crippen molar-refractivity contribution >= 4 is 17.6 Å². The van der Waals surface area contributed by atoms with Gasteiger partial charge in [-0.2, -0.15) is 0 Å². The smallest absolute Gasteiger partial charge is 0.316 e. The maximum absolute atomic E-state index is 11.7. The Bertz CT molecular complexity index is 440. The lowest BCUT2D eigenvalue weighted by Gasteiger charge is -2.11. The number of aryl methyl sites for hydroxylation is 2. The number of carbonyl (C=O) groups excluding carboxylic acids is 1. The summed E-state index contributed by atoms with van der Waals surface area (Å²) in [6, 6.07) is 5.50. The van der Waals surface area contributed by atoms with E-state index >= 15 is 0 Å². The van der Waals surface area contributed by atoms with E-state index < -0.39 is 17.8 Å². The van der Waals surface area contributed by atoms with Crippen molar-refractivity contribution in [3.8, 4) is 0 Å². The van der Waals surface area contributed by atoms with E-state index in [-0.39, 0.29) is 6.42 Å². The van der Waals surface area contributed by atoms with Crippen LogP contribution in [0.4, 0.5) is 5.69 Å². The van der Waals surface area contributed by atoms with Gasteiger partial charge in [0.05, 0.1) is 0 Å². The van der Waals surface area contributed by atoms with Crippen LogP contribution in [0.15, 0.2) is 18.2 Å². The van der Waals surface area contributed by atoms with E-state index in [1.807, 2.05) is 26.0 Å². The summed E-state index contributed by atoms with van der Waals surface area (Å²) in [5.74, 6) is -2.55. The van der Waals surface area contributed by atoms with Crippen LogP contribution in [-0.2, 0) is 9.59 Å². The molecule has 1 amide bonds. The van der Waals surface area contributed by atoms with Crippen LogP contribution in [0.25, 0.3) is 0 Å². The molecule has 0 aliphatic rings. The zero-order valence-electron chi connectivity index (χ0n) is 10.3. The molecule has 0 aliphatic heterocycles. The molecule has 92 valence electrons. The summed E-state index contributed by atoms with van der Waals surface area (Å²) < 4.78 is 0. The maximum Gasteiger partial charge on any atom is 0.316 e. The molecule has 1 unspecified atom stereocenters. The molecule has 1 aromatic carbocycles. The number of rotatable bonds is 4. The fraction of sp³-hybridized carbons (Fsp3) is 0.385. The molecule has 4 heteroatoms. The third kappa shape index (κ3) is 3.31. The van der Waals surface area contributed by atoms with Crippen LogP contribution in [0.2, 0.25) is 0 Å². The number of amides is 1. The van der Waals surface area contributed by atoms with Crippen molar-refractivity contribution in [3.63, 3.8) is 0 Å². The van der Waals surface area contributed by atoms with Gasteiger partial charge in [-0.3, -0.25) is 9.59 Å². The second kappa shape index (κ2) is 5.48. The summed E-state index contributed by atoms with van der Waals surface area (Å²) >= 11 is 0. The third-order valence-electron chi connectivity index (χ3n) is 2.80. The van der Waals surface area contributed by atoms with E-state index in [9.17, 15) is 9.59 Å². The number of carboxylic acid groups (broad SMARTS) is 1. The molecule has 0 bridgehead atoms. The highest BCUT2D eigenvalue weighted by molar-refractivity contribution is 6.04. The van der Waals surface area contributed by atoms with E-state index in [1.54, 1.807) is 13.0 Å². The second-order valence-corrected chi connectivity index (χ2v) is 4.09. The average Bonchev–Trinajstić information content (AvgIpc) is 2.24. The summed E-state index contributed by atoms with van der Waals surface area (Å²) in [4.78, 5) is 22.5. The number of aliphatic carboxylic acids is 1. The molecule has 4 nitrogen and oxygen atoms in total. The number of nitrogens with one attached hydrogen (secondary N) is 1. The molecule has 0 spiro atoms. The highest BCUT2D eigenvalue weighted by atomic mass is 16.4. The summed E-state index contributed by atoms with van der Waals surface area (Å²) in [6.07, 6.45) is 0.284. The van der Waals surface area contributed by atoms with Crippen molar-refractivity contribution in [2.75, 3.05) is 5.32 Å². The molecule has 0 radical (unpaired) electrons. The van der Waals surface area contributed by atoms with Gasteiger partial charge in [0.15, 0.2) is 0 Å². The van der Waals surface area contributed by atoms with Crippen molar-refractivity contribution in [1.82, 2.24) is 0 Å². The quantitative estimate of drug-likeness (QED) is 0.787. The lowest BCUT2D eigenvalue weighted by Crippen LogP contribution is -2.28. The van der Waals surface area contributed by atoms with Crippen LogP contribution in [-0.4, -0.2) is 17.0 Å². The second-order valence-electron chi connectivity index (χ2n) is 4.09. The molecule has 1 atom stereocenters. The van der Waals surface area contributed by atoms with Gasteiger partial charge in [0.2, 0.25) is 5.91 Å². The minimum absolute atomic E-state index is 0.284. The van der Waals surface area contributed by atoms with Crippen molar-refractivity contribution in [2.45, 2.75) is 27.2 Å². The molecule has 0 aromatic heterocycles. The Morgan fingerprint density at radius 1 is 1.29 bits per heavy atom. The van der Waals surface area contributed by atoms with Gasteiger partial charge in [0.25, 0.3) is 0 Å². The lowest BCUT2D eigenvalue weighted by molar-refractivity contribution is -0.145. The van der Waals surface area contributed by atoms with Crippen molar-refractivity contribution in [2.24, 2.45) is 5.92 Å². The number of carboxylic acids is 1. The minimum Gasteiger partial charge on any atom is -0.481 e. The van der Waals surface area contributed by atoms with Gasteiger partial charge in [-0.1, -0.05) is 13.0 Å². The summed E-state index contributed by atoms with van der Waals surface area (Å²) in [5.41, 5.74) is 2.83. The number of carbonyl (C=O) groups is 2. The third-order valence-corrected chi connectivity index (χ3v) is 2.80. The molecule has 0 fully saturated rings. The van der Waals surface area contributed by atoms with Gasteiger partial charge in [-0.05, 0) is 43.5 Å². The molecule has 1 aromatic rings. The van der Waals surface area contributed by atoms with Crippen LogP contribution in [0.1, 0.15) is 24.5 Å².